The van der Waals surface area contributed by atoms with Gasteiger partial charge in [-0.05, 0) is 26.0 Å². The Balaban J connectivity index is 2.99. The maximum absolute atomic E-state index is 9.56. The Morgan fingerprint density at radius 3 is 2.79 bits per heavy atom. The average molecular weight is 193 g/mol. The number of nitrogens with zero attached hydrogens (tertiary/aromatic N) is 1. The van der Waals surface area contributed by atoms with E-state index >= 15 is 0 Å². The smallest absolute Gasteiger partial charge is 0.124 e. The van der Waals surface area contributed by atoms with Gasteiger partial charge in [-0.25, -0.2) is 0 Å². The van der Waals surface area contributed by atoms with E-state index in [1.54, 1.807) is 6.07 Å². The molecule has 0 radical (unpaired) electrons. The summed E-state index contributed by atoms with van der Waals surface area (Å²) in [7, 11) is 0. The van der Waals surface area contributed by atoms with Crippen LogP contribution in [0.15, 0.2) is 23.2 Å². The highest BCUT2D eigenvalue weighted by Crippen LogP contribution is 2.18. The standard InChI is InChI=1S/C11H15NO2/c1-8-3-4-11(14)10(7-8)9(2)12-5-6-13/h3-4,7,13-14H,5-6H2,1-2H3. The fraction of sp³-hybridized carbons (Fsp3) is 0.364. The number of aliphatic imine (C=N–C) groups is 1. The summed E-state index contributed by atoms with van der Waals surface area (Å²) in [6, 6.07) is 5.38. The van der Waals surface area contributed by atoms with Crippen molar-refractivity contribution >= 4 is 5.71 Å². The van der Waals surface area contributed by atoms with E-state index in [0.717, 1.165) is 16.8 Å². The molecule has 1 aromatic carbocycles. The maximum atomic E-state index is 9.56. The number of aromatic hydroxyl groups is 1. The van der Waals surface area contributed by atoms with Gasteiger partial charge in [-0.15, -0.1) is 0 Å². The Hall–Kier alpha value is -1.35. The van der Waals surface area contributed by atoms with Crippen LogP contribution in [-0.2, 0) is 0 Å². The molecule has 0 aliphatic heterocycles. The van der Waals surface area contributed by atoms with E-state index in [0.29, 0.717) is 6.54 Å². The van der Waals surface area contributed by atoms with E-state index in [1.165, 1.54) is 0 Å². The molecule has 0 heterocycles. The predicted molar refractivity (Wildman–Crippen MR) is 57.0 cm³/mol. The van der Waals surface area contributed by atoms with Crippen LogP contribution in [0.5, 0.6) is 5.75 Å². The Labute approximate surface area is 83.7 Å². The first-order valence-electron chi connectivity index (χ1n) is 4.57. The second-order valence-electron chi connectivity index (χ2n) is 3.21. The minimum atomic E-state index is 0.0317. The number of phenols is 1. The van der Waals surface area contributed by atoms with Crippen molar-refractivity contribution in [1.82, 2.24) is 0 Å². The molecule has 0 atom stereocenters. The lowest BCUT2D eigenvalue weighted by Crippen LogP contribution is -1.99. The van der Waals surface area contributed by atoms with E-state index in [2.05, 4.69) is 4.99 Å². The summed E-state index contributed by atoms with van der Waals surface area (Å²) in [5.74, 6) is 0.231. The van der Waals surface area contributed by atoms with Gasteiger partial charge in [0.2, 0.25) is 0 Å². The van der Waals surface area contributed by atoms with Gasteiger partial charge in [-0.2, -0.15) is 0 Å². The number of phenolic OH excluding ortho intramolecular Hbond substituents is 1. The van der Waals surface area contributed by atoms with Crippen LogP contribution in [0.4, 0.5) is 0 Å². The molecule has 0 spiro atoms. The van der Waals surface area contributed by atoms with Crippen molar-refractivity contribution in [1.29, 1.82) is 0 Å². The van der Waals surface area contributed by atoms with Gasteiger partial charge in [0.25, 0.3) is 0 Å². The normalized spacial score (nSPS) is 11.8. The Morgan fingerprint density at radius 2 is 2.14 bits per heavy atom. The fourth-order valence-electron chi connectivity index (χ4n) is 1.24. The minimum absolute atomic E-state index is 0.0317. The third-order valence-corrected chi connectivity index (χ3v) is 1.99. The van der Waals surface area contributed by atoms with E-state index in [9.17, 15) is 5.11 Å². The highest BCUT2D eigenvalue weighted by Gasteiger charge is 2.03. The Morgan fingerprint density at radius 1 is 1.43 bits per heavy atom. The molecule has 0 aliphatic carbocycles. The second kappa shape index (κ2) is 4.77. The highest BCUT2D eigenvalue weighted by molar-refractivity contribution is 6.01. The molecule has 3 heteroatoms. The van der Waals surface area contributed by atoms with Crippen molar-refractivity contribution in [2.24, 2.45) is 4.99 Å². The molecule has 0 saturated heterocycles. The molecule has 3 nitrogen and oxygen atoms in total. The summed E-state index contributed by atoms with van der Waals surface area (Å²) in [6.45, 7) is 4.19. The third-order valence-electron chi connectivity index (χ3n) is 1.99. The van der Waals surface area contributed by atoms with Gasteiger partial charge in [0, 0.05) is 11.3 Å². The van der Waals surface area contributed by atoms with Crippen LogP contribution in [0.1, 0.15) is 18.1 Å². The zero-order valence-electron chi connectivity index (χ0n) is 8.49. The van der Waals surface area contributed by atoms with E-state index in [4.69, 9.17) is 5.11 Å². The van der Waals surface area contributed by atoms with Crippen LogP contribution in [0.25, 0.3) is 0 Å². The van der Waals surface area contributed by atoms with E-state index in [1.807, 2.05) is 26.0 Å². The van der Waals surface area contributed by atoms with Crippen LogP contribution >= 0.6 is 0 Å². The monoisotopic (exact) mass is 193 g/mol. The van der Waals surface area contributed by atoms with Crippen molar-refractivity contribution in [3.63, 3.8) is 0 Å². The molecule has 0 amide bonds. The summed E-state index contributed by atoms with van der Waals surface area (Å²) in [6.07, 6.45) is 0. The maximum Gasteiger partial charge on any atom is 0.124 e. The molecule has 0 bridgehead atoms. The van der Waals surface area contributed by atoms with E-state index < -0.39 is 0 Å². The number of aryl methyl sites for hydroxylation is 1. The van der Waals surface area contributed by atoms with Crippen LogP contribution < -0.4 is 0 Å². The predicted octanol–water partition coefficient (Wildman–Crippen LogP) is 1.50. The largest absolute Gasteiger partial charge is 0.507 e. The van der Waals surface area contributed by atoms with Gasteiger partial charge < -0.3 is 10.2 Å². The lowest BCUT2D eigenvalue weighted by Gasteiger charge is -2.05. The summed E-state index contributed by atoms with van der Waals surface area (Å²) < 4.78 is 0. The average Bonchev–Trinajstić information content (AvgIpc) is 2.18. The zero-order chi connectivity index (χ0) is 10.6. The lowest BCUT2D eigenvalue weighted by molar-refractivity contribution is 0.307. The lowest BCUT2D eigenvalue weighted by atomic mass is 10.1. The number of aliphatic hydroxyl groups excluding tert-OH is 1. The van der Waals surface area contributed by atoms with Gasteiger partial charge in [0.1, 0.15) is 5.75 Å². The highest BCUT2D eigenvalue weighted by atomic mass is 16.3. The Bertz CT molecular complexity index is 345. The van der Waals surface area contributed by atoms with E-state index in [-0.39, 0.29) is 12.4 Å². The number of hydrogen-bond donors (Lipinski definition) is 2. The van der Waals surface area contributed by atoms with Crippen LogP contribution in [0, 0.1) is 6.92 Å². The number of hydrogen-bond acceptors (Lipinski definition) is 3. The SMILES string of the molecule is CC(=NCCO)c1cc(C)ccc1O. The van der Waals surface area contributed by atoms with Crippen LogP contribution in [-0.4, -0.2) is 29.1 Å². The molecular weight excluding hydrogens is 178 g/mol. The fourth-order valence-corrected chi connectivity index (χ4v) is 1.24. The zero-order valence-corrected chi connectivity index (χ0v) is 8.49. The second-order valence-corrected chi connectivity index (χ2v) is 3.21. The summed E-state index contributed by atoms with van der Waals surface area (Å²) in [5.41, 5.74) is 2.56. The summed E-state index contributed by atoms with van der Waals surface area (Å²) >= 11 is 0. The van der Waals surface area contributed by atoms with Crippen molar-refractivity contribution in [3.8, 4) is 5.75 Å². The third kappa shape index (κ3) is 2.57. The molecule has 1 rings (SSSR count). The quantitative estimate of drug-likeness (QED) is 0.715. The first-order chi connectivity index (χ1) is 6.65. The number of rotatable bonds is 3. The minimum Gasteiger partial charge on any atom is -0.507 e. The molecule has 14 heavy (non-hydrogen) atoms. The van der Waals surface area contributed by atoms with Gasteiger partial charge in [-0.3, -0.25) is 4.99 Å². The molecule has 76 valence electrons. The van der Waals surface area contributed by atoms with Gasteiger partial charge in [0.05, 0.1) is 13.2 Å². The summed E-state index contributed by atoms with van der Waals surface area (Å²) in [4.78, 5) is 4.12. The van der Waals surface area contributed by atoms with Crippen molar-refractivity contribution in [2.75, 3.05) is 13.2 Å². The molecule has 1 aromatic rings. The number of benzene rings is 1. The first kappa shape index (κ1) is 10.7. The van der Waals surface area contributed by atoms with Gasteiger partial charge >= 0.3 is 0 Å². The van der Waals surface area contributed by atoms with Crippen molar-refractivity contribution in [2.45, 2.75) is 13.8 Å². The van der Waals surface area contributed by atoms with Crippen molar-refractivity contribution < 1.29 is 10.2 Å². The molecule has 2 N–H and O–H groups in total. The number of aliphatic hydroxyl groups is 1. The molecule has 0 fully saturated rings. The topological polar surface area (TPSA) is 52.8 Å². The van der Waals surface area contributed by atoms with Crippen LogP contribution in [0.2, 0.25) is 0 Å². The Kier molecular flexibility index (Phi) is 3.65. The molecule has 0 aromatic heterocycles. The van der Waals surface area contributed by atoms with Crippen molar-refractivity contribution in [3.05, 3.63) is 29.3 Å². The first-order valence-corrected chi connectivity index (χ1v) is 4.57. The molecule has 0 aliphatic rings. The molecular formula is C11H15NO2. The molecule has 0 unspecified atom stereocenters. The summed E-state index contributed by atoms with van der Waals surface area (Å²) in [5, 5.41) is 18.2. The van der Waals surface area contributed by atoms with Gasteiger partial charge in [-0.1, -0.05) is 11.6 Å². The molecule has 0 saturated carbocycles. The van der Waals surface area contributed by atoms with Gasteiger partial charge in [0.15, 0.2) is 0 Å². The van der Waals surface area contributed by atoms with Crippen LogP contribution in [0.3, 0.4) is 0 Å².